The van der Waals surface area contributed by atoms with E-state index in [-0.39, 0.29) is 0 Å². The van der Waals surface area contributed by atoms with E-state index in [2.05, 4.69) is 27.0 Å². The topological polar surface area (TPSA) is 0 Å². The highest BCUT2D eigenvalue weighted by Crippen LogP contribution is 1.96. The van der Waals surface area contributed by atoms with Crippen LogP contribution in [0.15, 0.2) is 24.3 Å². The molecule has 0 spiro atoms. The summed E-state index contributed by atoms with van der Waals surface area (Å²) in [6.45, 7) is 15.5. The average molecular weight is 140 g/mol. The highest BCUT2D eigenvalue weighted by Gasteiger charge is 1.76. The van der Waals surface area contributed by atoms with Crippen molar-refractivity contribution in [1.29, 1.82) is 0 Å². The summed E-state index contributed by atoms with van der Waals surface area (Å²) in [4.78, 5) is 0. The number of rotatable bonds is 2. The molecule has 0 rings (SSSR count). The predicted octanol–water partition coefficient (Wildman–Crippen LogP) is 3.95. The maximum atomic E-state index is 3.74. The third-order valence-corrected chi connectivity index (χ3v) is 0.677. The van der Waals surface area contributed by atoms with Crippen LogP contribution in [-0.4, -0.2) is 0 Å². The summed E-state index contributed by atoms with van der Waals surface area (Å²) in [5.74, 6) is 0. The molecule has 0 aromatic carbocycles. The maximum absolute atomic E-state index is 3.74. The zero-order valence-corrected chi connectivity index (χ0v) is 7.83. The molecule has 0 unspecified atom stereocenters. The lowest BCUT2D eigenvalue weighted by Gasteiger charge is -1.87. The van der Waals surface area contributed by atoms with Crippen molar-refractivity contribution < 1.29 is 0 Å². The van der Waals surface area contributed by atoms with Crippen molar-refractivity contribution in [3.8, 4) is 0 Å². The van der Waals surface area contributed by atoms with Gasteiger partial charge in [0, 0.05) is 0 Å². The Morgan fingerprint density at radius 1 is 1.10 bits per heavy atom. The molecular formula is C10H20. The Morgan fingerprint density at radius 3 is 1.40 bits per heavy atom. The molecule has 0 radical (unpaired) electrons. The van der Waals surface area contributed by atoms with Gasteiger partial charge in [-0.05, 0) is 27.2 Å². The first-order chi connectivity index (χ1) is 4.50. The molecule has 0 bridgehead atoms. The molecule has 60 valence electrons. The summed E-state index contributed by atoms with van der Waals surface area (Å²) >= 11 is 0. The van der Waals surface area contributed by atoms with E-state index in [0.717, 1.165) is 0 Å². The van der Waals surface area contributed by atoms with E-state index in [0.29, 0.717) is 0 Å². The zero-order valence-electron chi connectivity index (χ0n) is 7.83. The molecule has 0 aromatic heterocycles. The van der Waals surface area contributed by atoms with Crippen molar-refractivity contribution in [2.24, 2.45) is 0 Å². The van der Waals surface area contributed by atoms with Gasteiger partial charge in [-0.2, -0.15) is 0 Å². The van der Waals surface area contributed by atoms with E-state index >= 15 is 0 Å². The summed E-state index contributed by atoms with van der Waals surface area (Å²) in [6.07, 6.45) is 2.41. The van der Waals surface area contributed by atoms with Crippen LogP contribution in [0.2, 0.25) is 0 Å². The lowest BCUT2D eigenvalue weighted by Crippen LogP contribution is -1.66. The fourth-order valence-electron chi connectivity index (χ4n) is 0.427. The molecule has 0 aliphatic rings. The van der Waals surface area contributed by atoms with E-state index in [4.69, 9.17) is 0 Å². The van der Waals surface area contributed by atoms with Crippen molar-refractivity contribution in [3.05, 3.63) is 24.3 Å². The third kappa shape index (κ3) is 51.1. The quantitative estimate of drug-likeness (QED) is 0.509. The average Bonchev–Trinajstić information content (AvgIpc) is 1.62. The van der Waals surface area contributed by atoms with Crippen LogP contribution in [0, 0.1) is 0 Å². The second-order valence-corrected chi connectivity index (χ2v) is 2.91. The second kappa shape index (κ2) is 8.48. The van der Waals surface area contributed by atoms with Crippen molar-refractivity contribution in [3.63, 3.8) is 0 Å². The molecule has 0 aliphatic carbocycles. The van der Waals surface area contributed by atoms with Crippen LogP contribution in [0.4, 0.5) is 0 Å². The summed E-state index contributed by atoms with van der Waals surface area (Å²) in [5.41, 5.74) is 2.46. The molecule has 0 heteroatoms. The van der Waals surface area contributed by atoms with Crippen molar-refractivity contribution in [2.75, 3.05) is 0 Å². The second-order valence-electron chi connectivity index (χ2n) is 2.91. The molecule has 10 heavy (non-hydrogen) atoms. The summed E-state index contributed by atoms with van der Waals surface area (Å²) in [6, 6.07) is 0. The van der Waals surface area contributed by atoms with Gasteiger partial charge in [-0.3, -0.25) is 0 Å². The van der Waals surface area contributed by atoms with E-state index in [1.807, 2.05) is 13.8 Å². The third-order valence-electron chi connectivity index (χ3n) is 0.677. The highest BCUT2D eigenvalue weighted by atomic mass is 13.8. The Bertz CT molecular complexity index is 94.6. The Labute approximate surface area is 65.7 Å². The Hall–Kier alpha value is -0.520. The van der Waals surface area contributed by atoms with Gasteiger partial charge in [-0.1, -0.05) is 24.5 Å². The van der Waals surface area contributed by atoms with E-state index in [9.17, 15) is 0 Å². The number of allylic oxidation sites excluding steroid dienone is 2. The van der Waals surface area contributed by atoms with Gasteiger partial charge in [0.25, 0.3) is 0 Å². The Kier molecular flexibility index (Phi) is 10.3. The molecule has 0 N–H and O–H groups in total. The predicted molar refractivity (Wildman–Crippen MR) is 50.2 cm³/mol. The monoisotopic (exact) mass is 140 g/mol. The number of hydrogen-bond donors (Lipinski definition) is 0. The van der Waals surface area contributed by atoms with Crippen LogP contribution in [0.25, 0.3) is 0 Å². The van der Waals surface area contributed by atoms with E-state index < -0.39 is 0 Å². The molecular weight excluding hydrogens is 120 g/mol. The Morgan fingerprint density at radius 2 is 1.40 bits per heavy atom. The first-order valence-corrected chi connectivity index (χ1v) is 3.77. The van der Waals surface area contributed by atoms with Gasteiger partial charge in [0.1, 0.15) is 0 Å². The SMILES string of the molecule is C=C(C)C.C=C(C)CCC. The van der Waals surface area contributed by atoms with Crippen LogP contribution in [-0.2, 0) is 0 Å². The molecule has 0 aliphatic heterocycles. The van der Waals surface area contributed by atoms with Crippen LogP contribution >= 0.6 is 0 Å². The standard InChI is InChI=1S/C6H12.C4H8/c1-4-5-6(2)3;1-4(2)3/h2,4-5H2,1,3H3;1H2,2-3H3. The highest BCUT2D eigenvalue weighted by molar-refractivity contribution is 4.86. The fourth-order valence-corrected chi connectivity index (χ4v) is 0.427. The largest absolute Gasteiger partial charge is 0.100 e. The normalized spacial score (nSPS) is 7.60. The molecule has 0 heterocycles. The molecule has 0 atom stereocenters. The minimum Gasteiger partial charge on any atom is -0.100 e. The van der Waals surface area contributed by atoms with Crippen LogP contribution < -0.4 is 0 Å². The molecule has 0 amide bonds. The first kappa shape index (κ1) is 12.2. The fraction of sp³-hybridized carbons (Fsp3) is 0.600. The smallest absolute Gasteiger partial charge is 0.0328 e. The van der Waals surface area contributed by atoms with Gasteiger partial charge in [-0.15, -0.1) is 13.2 Å². The molecule has 0 saturated carbocycles. The van der Waals surface area contributed by atoms with Gasteiger partial charge in [0.2, 0.25) is 0 Å². The molecule has 0 aromatic rings. The minimum atomic E-state index is 1.17. The summed E-state index contributed by atoms with van der Waals surface area (Å²) < 4.78 is 0. The summed E-state index contributed by atoms with van der Waals surface area (Å²) in [7, 11) is 0. The van der Waals surface area contributed by atoms with E-state index in [1.54, 1.807) is 0 Å². The minimum absolute atomic E-state index is 1.17. The Balaban J connectivity index is 0. The first-order valence-electron chi connectivity index (χ1n) is 3.77. The van der Waals surface area contributed by atoms with Crippen LogP contribution in [0.1, 0.15) is 40.5 Å². The number of hydrogen-bond acceptors (Lipinski definition) is 0. The van der Waals surface area contributed by atoms with Gasteiger partial charge in [0.05, 0.1) is 0 Å². The molecule has 0 fully saturated rings. The van der Waals surface area contributed by atoms with E-state index in [1.165, 1.54) is 24.0 Å². The molecule has 0 nitrogen and oxygen atoms in total. The van der Waals surface area contributed by atoms with Gasteiger partial charge < -0.3 is 0 Å². The van der Waals surface area contributed by atoms with Crippen molar-refractivity contribution in [1.82, 2.24) is 0 Å². The van der Waals surface area contributed by atoms with Gasteiger partial charge >= 0.3 is 0 Å². The maximum Gasteiger partial charge on any atom is -0.0328 e. The van der Waals surface area contributed by atoms with Crippen molar-refractivity contribution in [2.45, 2.75) is 40.5 Å². The van der Waals surface area contributed by atoms with Gasteiger partial charge in [-0.25, -0.2) is 0 Å². The van der Waals surface area contributed by atoms with Gasteiger partial charge in [0.15, 0.2) is 0 Å². The van der Waals surface area contributed by atoms with Crippen LogP contribution in [0.3, 0.4) is 0 Å². The van der Waals surface area contributed by atoms with Crippen molar-refractivity contribution >= 4 is 0 Å². The van der Waals surface area contributed by atoms with Crippen LogP contribution in [0.5, 0.6) is 0 Å². The molecule has 0 saturated heterocycles. The summed E-state index contributed by atoms with van der Waals surface area (Å²) in [5, 5.41) is 0. The zero-order chi connectivity index (χ0) is 8.57. The lowest BCUT2D eigenvalue weighted by molar-refractivity contribution is 0.910. The lowest BCUT2D eigenvalue weighted by atomic mass is 10.2.